The van der Waals surface area contributed by atoms with Crippen molar-refractivity contribution in [3.05, 3.63) is 35.4 Å². The molecule has 0 atom stereocenters. The monoisotopic (exact) mass is 362 g/mol. The number of rotatable bonds is 8. The first-order valence-corrected chi connectivity index (χ1v) is 9.66. The van der Waals surface area contributed by atoms with Crippen molar-refractivity contribution in [1.29, 1.82) is 0 Å². The van der Waals surface area contributed by atoms with E-state index < -0.39 is 17.4 Å². The van der Waals surface area contributed by atoms with Crippen LogP contribution >= 0.6 is 0 Å². The summed E-state index contributed by atoms with van der Waals surface area (Å²) in [4.78, 5) is 22.7. The van der Waals surface area contributed by atoms with Gasteiger partial charge in [0.05, 0.1) is 0 Å². The molecule has 0 spiro atoms. The lowest BCUT2D eigenvalue weighted by atomic mass is 9.89. The zero-order valence-corrected chi connectivity index (χ0v) is 17.3. The normalized spacial score (nSPS) is 16.6. The molecule has 0 aliphatic carbocycles. The van der Waals surface area contributed by atoms with E-state index in [0.29, 0.717) is 17.8 Å². The van der Waals surface area contributed by atoms with E-state index in [4.69, 9.17) is 14.5 Å². The second kappa shape index (κ2) is 7.69. The molecule has 1 aliphatic heterocycles. The smallest absolute Gasteiger partial charge is 0.373 e. The minimum Gasteiger partial charge on any atom is -0.451 e. The van der Waals surface area contributed by atoms with Crippen LogP contribution in [0, 0.1) is 5.41 Å². The van der Waals surface area contributed by atoms with Gasteiger partial charge in [0.15, 0.2) is 0 Å². The first kappa shape index (κ1) is 20.9. The third-order valence-electron chi connectivity index (χ3n) is 4.90. The molecule has 2 rings (SSSR count). The maximum absolute atomic E-state index is 12.6. The van der Waals surface area contributed by atoms with Crippen LogP contribution in [0.1, 0.15) is 91.2 Å². The molecular formula is C22H34O4. The Morgan fingerprint density at radius 1 is 1.04 bits per heavy atom. The summed E-state index contributed by atoms with van der Waals surface area (Å²) in [6, 6.07) is 8.21. The van der Waals surface area contributed by atoms with E-state index in [0.717, 1.165) is 24.8 Å². The number of hydrogen-bond donors (Lipinski definition) is 0. The predicted octanol–water partition coefficient (Wildman–Crippen LogP) is 5.85. The molecule has 0 amide bonds. The van der Waals surface area contributed by atoms with Crippen molar-refractivity contribution in [1.82, 2.24) is 0 Å². The SMILES string of the molecule is CC(C)c1ccc(C(C)(C)OC(=O)C2(CCCCC(C)(C)C)OO2)cc1. The van der Waals surface area contributed by atoms with Crippen molar-refractivity contribution in [3.8, 4) is 0 Å². The van der Waals surface area contributed by atoms with Gasteiger partial charge in [-0.3, -0.25) is 0 Å². The maximum Gasteiger partial charge on any atom is 0.373 e. The van der Waals surface area contributed by atoms with Gasteiger partial charge in [0, 0.05) is 6.42 Å². The summed E-state index contributed by atoms with van der Waals surface area (Å²) in [5.41, 5.74) is 1.78. The highest BCUT2D eigenvalue weighted by Gasteiger charge is 2.58. The average molecular weight is 363 g/mol. The molecule has 0 N–H and O–H groups in total. The quantitative estimate of drug-likeness (QED) is 0.252. The molecule has 1 saturated heterocycles. The zero-order chi connectivity index (χ0) is 19.6. The Hall–Kier alpha value is -1.39. The Morgan fingerprint density at radius 2 is 1.62 bits per heavy atom. The Kier molecular flexibility index (Phi) is 6.19. The number of esters is 1. The van der Waals surface area contributed by atoms with E-state index in [-0.39, 0.29) is 0 Å². The Balaban J connectivity index is 1.92. The average Bonchev–Trinajstić information content (AvgIpc) is 3.32. The molecule has 26 heavy (non-hydrogen) atoms. The number of carbonyl (C=O) groups excluding carboxylic acids is 1. The lowest BCUT2D eigenvalue weighted by Gasteiger charge is -2.27. The van der Waals surface area contributed by atoms with Crippen LogP contribution in [0.15, 0.2) is 24.3 Å². The zero-order valence-electron chi connectivity index (χ0n) is 17.3. The van der Waals surface area contributed by atoms with Crippen molar-refractivity contribution in [2.45, 2.75) is 91.5 Å². The van der Waals surface area contributed by atoms with E-state index in [1.807, 2.05) is 26.0 Å². The number of benzene rings is 1. The van der Waals surface area contributed by atoms with Gasteiger partial charge in [-0.05, 0) is 49.1 Å². The second-order valence-corrected chi connectivity index (χ2v) is 9.36. The summed E-state index contributed by atoms with van der Waals surface area (Å²) in [5, 5.41) is 0. The number of carbonyl (C=O) groups is 1. The molecule has 0 unspecified atom stereocenters. The van der Waals surface area contributed by atoms with Crippen LogP contribution in [0.2, 0.25) is 0 Å². The van der Waals surface area contributed by atoms with Gasteiger partial charge in [0.2, 0.25) is 0 Å². The van der Waals surface area contributed by atoms with Gasteiger partial charge in [0.25, 0.3) is 0 Å². The minimum atomic E-state index is -1.20. The fourth-order valence-electron chi connectivity index (χ4n) is 2.95. The molecule has 146 valence electrons. The predicted molar refractivity (Wildman–Crippen MR) is 102 cm³/mol. The van der Waals surface area contributed by atoms with Gasteiger partial charge < -0.3 is 4.74 Å². The van der Waals surface area contributed by atoms with Crippen LogP contribution in [0.4, 0.5) is 0 Å². The molecule has 1 aliphatic rings. The summed E-state index contributed by atoms with van der Waals surface area (Å²) in [6.07, 6.45) is 3.54. The molecule has 1 aromatic rings. The molecule has 0 aromatic heterocycles. The summed E-state index contributed by atoms with van der Waals surface area (Å²) < 4.78 is 5.76. The third-order valence-corrected chi connectivity index (χ3v) is 4.90. The summed E-state index contributed by atoms with van der Waals surface area (Å²) >= 11 is 0. The van der Waals surface area contributed by atoms with Crippen molar-refractivity contribution < 1.29 is 19.3 Å². The third kappa shape index (κ3) is 5.55. The van der Waals surface area contributed by atoms with Crippen molar-refractivity contribution in [3.63, 3.8) is 0 Å². The number of unbranched alkanes of at least 4 members (excludes halogenated alkanes) is 1. The standard InChI is InChI=1S/C22H34O4/c1-16(2)17-10-12-18(13-11-17)21(6,7)24-19(23)22(25-26-22)15-9-8-14-20(3,4)5/h10-13,16H,8-9,14-15H2,1-7H3. The lowest BCUT2D eigenvalue weighted by molar-refractivity contribution is -0.165. The van der Waals surface area contributed by atoms with Crippen LogP contribution in [-0.2, 0) is 24.9 Å². The molecule has 4 nitrogen and oxygen atoms in total. The first-order chi connectivity index (χ1) is 12.0. The van der Waals surface area contributed by atoms with E-state index in [1.54, 1.807) is 0 Å². The van der Waals surface area contributed by atoms with Crippen LogP contribution < -0.4 is 0 Å². The van der Waals surface area contributed by atoms with E-state index in [1.165, 1.54) is 5.56 Å². The largest absolute Gasteiger partial charge is 0.451 e. The van der Waals surface area contributed by atoms with Crippen LogP contribution in [-0.4, -0.2) is 11.8 Å². The molecular weight excluding hydrogens is 328 g/mol. The van der Waals surface area contributed by atoms with Crippen molar-refractivity contribution in [2.75, 3.05) is 0 Å². The second-order valence-electron chi connectivity index (χ2n) is 9.36. The maximum atomic E-state index is 12.6. The molecule has 1 heterocycles. The van der Waals surface area contributed by atoms with Gasteiger partial charge in [0.1, 0.15) is 5.60 Å². The van der Waals surface area contributed by atoms with Crippen LogP contribution in [0.3, 0.4) is 0 Å². The Morgan fingerprint density at radius 3 is 2.08 bits per heavy atom. The van der Waals surface area contributed by atoms with Gasteiger partial charge in [-0.15, -0.1) is 0 Å². The fraction of sp³-hybridized carbons (Fsp3) is 0.682. The van der Waals surface area contributed by atoms with Crippen molar-refractivity contribution >= 4 is 5.97 Å². The number of hydrogen-bond acceptors (Lipinski definition) is 4. The minimum absolute atomic E-state index is 0.295. The highest BCUT2D eigenvalue weighted by molar-refractivity contribution is 5.79. The van der Waals surface area contributed by atoms with Crippen molar-refractivity contribution in [2.24, 2.45) is 5.41 Å². The van der Waals surface area contributed by atoms with E-state index in [9.17, 15) is 4.79 Å². The van der Waals surface area contributed by atoms with Crippen LogP contribution in [0.5, 0.6) is 0 Å². The first-order valence-electron chi connectivity index (χ1n) is 9.66. The van der Waals surface area contributed by atoms with Gasteiger partial charge >= 0.3 is 11.8 Å². The molecule has 1 aromatic carbocycles. The molecule has 0 bridgehead atoms. The highest BCUT2D eigenvalue weighted by atomic mass is 17.4. The molecule has 0 radical (unpaired) electrons. The molecule has 4 heteroatoms. The summed E-state index contributed by atoms with van der Waals surface area (Å²) in [5.74, 6) is -1.17. The van der Waals surface area contributed by atoms with E-state index >= 15 is 0 Å². The van der Waals surface area contributed by atoms with Crippen LogP contribution in [0.25, 0.3) is 0 Å². The summed E-state index contributed by atoms with van der Waals surface area (Å²) in [7, 11) is 0. The topological polar surface area (TPSA) is 51.4 Å². The van der Waals surface area contributed by atoms with Gasteiger partial charge in [-0.2, -0.15) is 9.78 Å². The van der Waals surface area contributed by atoms with Gasteiger partial charge in [-0.25, -0.2) is 4.79 Å². The molecule has 0 saturated carbocycles. The highest BCUT2D eigenvalue weighted by Crippen LogP contribution is 2.39. The molecule has 1 fully saturated rings. The fourth-order valence-corrected chi connectivity index (χ4v) is 2.95. The lowest BCUT2D eigenvalue weighted by Crippen LogP contribution is -2.34. The number of ether oxygens (including phenoxy) is 1. The summed E-state index contributed by atoms with van der Waals surface area (Å²) in [6.45, 7) is 14.8. The Bertz CT molecular complexity index is 604. The van der Waals surface area contributed by atoms with Gasteiger partial charge in [-0.1, -0.05) is 65.3 Å². The Labute approximate surface area is 158 Å². The van der Waals surface area contributed by atoms with E-state index in [2.05, 4.69) is 46.8 Å².